The van der Waals surface area contributed by atoms with Gasteiger partial charge in [-0.25, -0.2) is 9.97 Å². The summed E-state index contributed by atoms with van der Waals surface area (Å²) in [4.78, 5) is 8.35. The molecule has 0 aliphatic rings. The van der Waals surface area contributed by atoms with Crippen LogP contribution in [-0.2, 0) is 7.05 Å². The van der Waals surface area contributed by atoms with E-state index in [2.05, 4.69) is 36.9 Å². The second kappa shape index (κ2) is 3.77. The fourth-order valence-electron chi connectivity index (χ4n) is 1.97. The van der Waals surface area contributed by atoms with Crippen LogP contribution in [0, 0.1) is 5.92 Å². The molecule has 0 fully saturated rings. The fourth-order valence-corrected chi connectivity index (χ4v) is 1.97. The van der Waals surface area contributed by atoms with Crippen molar-refractivity contribution in [2.24, 2.45) is 13.0 Å². The summed E-state index contributed by atoms with van der Waals surface area (Å²) in [5.41, 5.74) is 8.10. The quantitative estimate of drug-likeness (QED) is 0.841. The van der Waals surface area contributed by atoms with E-state index in [0.29, 0.717) is 17.7 Å². The molecule has 0 amide bonds. The van der Waals surface area contributed by atoms with Crippen LogP contribution in [0.3, 0.4) is 0 Å². The Morgan fingerprint density at radius 3 is 2.56 bits per heavy atom. The lowest BCUT2D eigenvalue weighted by Gasteiger charge is -2.14. The Morgan fingerprint density at radius 2 is 1.94 bits per heavy atom. The van der Waals surface area contributed by atoms with Crippen LogP contribution in [0.5, 0.6) is 0 Å². The first kappa shape index (κ1) is 10.9. The molecule has 0 radical (unpaired) electrons. The summed E-state index contributed by atoms with van der Waals surface area (Å²) >= 11 is 0. The van der Waals surface area contributed by atoms with E-state index in [0.717, 1.165) is 11.0 Å². The fraction of sp³-hybridized carbons (Fsp3) is 0.500. The number of hydrogen-bond acceptors (Lipinski definition) is 3. The molecule has 0 aromatic carbocycles. The summed E-state index contributed by atoms with van der Waals surface area (Å²) in [6, 6.07) is 0. The molecule has 0 aliphatic heterocycles. The molecular weight excluding hydrogens is 200 g/mol. The number of nitrogen functional groups attached to an aromatic ring is 1. The van der Waals surface area contributed by atoms with Crippen molar-refractivity contribution in [3.05, 3.63) is 18.1 Å². The van der Waals surface area contributed by atoms with Crippen molar-refractivity contribution in [3.8, 4) is 0 Å². The minimum atomic E-state index is 0.456. The Balaban J connectivity index is 2.71. The van der Waals surface area contributed by atoms with Crippen LogP contribution >= 0.6 is 0 Å². The van der Waals surface area contributed by atoms with E-state index in [1.807, 2.05) is 11.6 Å². The zero-order valence-corrected chi connectivity index (χ0v) is 10.2. The molecule has 0 saturated heterocycles. The smallest absolute Gasteiger partial charge is 0.145 e. The Labute approximate surface area is 95.5 Å². The average Bonchev–Trinajstić information content (AvgIpc) is 2.57. The van der Waals surface area contributed by atoms with E-state index in [1.165, 1.54) is 11.9 Å². The number of nitrogens with zero attached hydrogens (tertiary/aromatic N) is 3. The number of fused-ring (bicyclic) bond motifs is 1. The Hall–Kier alpha value is -1.58. The topological polar surface area (TPSA) is 56.7 Å². The molecule has 1 atom stereocenters. The zero-order chi connectivity index (χ0) is 11.9. The standard InChI is InChI=1S/C12H18N4/c1-7(2)8(3)9-5-16(4)12-10(9)11(13)14-6-15-12/h5-8H,1-4H3,(H2,13,14,15)/t8-/m1/s1. The predicted molar refractivity (Wildman–Crippen MR) is 66.2 cm³/mol. The van der Waals surface area contributed by atoms with Crippen molar-refractivity contribution >= 4 is 16.9 Å². The number of hydrogen-bond donors (Lipinski definition) is 1. The normalized spacial score (nSPS) is 13.6. The van der Waals surface area contributed by atoms with E-state index in [9.17, 15) is 0 Å². The van der Waals surface area contributed by atoms with Gasteiger partial charge in [-0.3, -0.25) is 0 Å². The molecule has 2 N–H and O–H groups in total. The van der Waals surface area contributed by atoms with Crippen LogP contribution in [0.1, 0.15) is 32.3 Å². The van der Waals surface area contributed by atoms with Crippen molar-refractivity contribution < 1.29 is 0 Å². The van der Waals surface area contributed by atoms with Gasteiger partial charge >= 0.3 is 0 Å². The zero-order valence-electron chi connectivity index (χ0n) is 10.2. The van der Waals surface area contributed by atoms with Crippen LogP contribution in [0.15, 0.2) is 12.5 Å². The van der Waals surface area contributed by atoms with E-state index < -0.39 is 0 Å². The third-order valence-electron chi connectivity index (χ3n) is 3.30. The summed E-state index contributed by atoms with van der Waals surface area (Å²) in [7, 11) is 1.99. The molecule has 0 aliphatic carbocycles. The number of rotatable bonds is 2. The summed E-state index contributed by atoms with van der Waals surface area (Å²) < 4.78 is 2.02. The van der Waals surface area contributed by atoms with Gasteiger partial charge < -0.3 is 10.3 Å². The van der Waals surface area contributed by atoms with Crippen molar-refractivity contribution in [1.29, 1.82) is 0 Å². The maximum atomic E-state index is 5.94. The molecule has 4 nitrogen and oxygen atoms in total. The number of nitrogens with two attached hydrogens (primary N) is 1. The number of aromatic nitrogens is 3. The van der Waals surface area contributed by atoms with Crippen LogP contribution in [0.4, 0.5) is 5.82 Å². The Bertz CT molecular complexity index is 513. The molecule has 16 heavy (non-hydrogen) atoms. The molecule has 2 heterocycles. The second-order valence-corrected chi connectivity index (χ2v) is 4.69. The van der Waals surface area contributed by atoms with Crippen molar-refractivity contribution in [3.63, 3.8) is 0 Å². The van der Waals surface area contributed by atoms with Crippen molar-refractivity contribution in [2.45, 2.75) is 26.7 Å². The lowest BCUT2D eigenvalue weighted by atomic mass is 9.90. The molecule has 0 saturated carbocycles. The highest BCUT2D eigenvalue weighted by molar-refractivity contribution is 5.90. The van der Waals surface area contributed by atoms with E-state index >= 15 is 0 Å². The molecule has 2 rings (SSSR count). The summed E-state index contributed by atoms with van der Waals surface area (Å²) in [6.07, 6.45) is 3.63. The minimum absolute atomic E-state index is 0.456. The molecule has 0 spiro atoms. The first-order valence-electron chi connectivity index (χ1n) is 5.57. The Kier molecular flexibility index (Phi) is 2.58. The SMILES string of the molecule is CC(C)[C@@H](C)c1cn(C)c2ncnc(N)c12. The molecule has 0 bridgehead atoms. The van der Waals surface area contributed by atoms with E-state index in [4.69, 9.17) is 5.73 Å². The minimum Gasteiger partial charge on any atom is -0.383 e. The Morgan fingerprint density at radius 1 is 1.25 bits per heavy atom. The van der Waals surface area contributed by atoms with Crippen LogP contribution in [0.2, 0.25) is 0 Å². The first-order chi connectivity index (χ1) is 7.52. The van der Waals surface area contributed by atoms with Gasteiger partial charge in [-0.2, -0.15) is 0 Å². The third-order valence-corrected chi connectivity index (χ3v) is 3.30. The first-order valence-corrected chi connectivity index (χ1v) is 5.57. The van der Waals surface area contributed by atoms with Crippen molar-refractivity contribution in [2.75, 3.05) is 5.73 Å². The van der Waals surface area contributed by atoms with Gasteiger partial charge in [0.25, 0.3) is 0 Å². The average molecular weight is 218 g/mol. The number of anilines is 1. The highest BCUT2D eigenvalue weighted by Gasteiger charge is 2.18. The van der Waals surface area contributed by atoms with Gasteiger partial charge in [-0.05, 0) is 17.4 Å². The maximum Gasteiger partial charge on any atom is 0.145 e. The largest absolute Gasteiger partial charge is 0.383 e. The van der Waals surface area contributed by atoms with E-state index in [1.54, 1.807) is 0 Å². The van der Waals surface area contributed by atoms with Gasteiger partial charge in [-0.1, -0.05) is 20.8 Å². The highest BCUT2D eigenvalue weighted by atomic mass is 15.0. The predicted octanol–water partition coefficient (Wildman–Crippen LogP) is 2.31. The summed E-state index contributed by atoms with van der Waals surface area (Å²) in [6.45, 7) is 6.64. The van der Waals surface area contributed by atoms with Gasteiger partial charge in [-0.15, -0.1) is 0 Å². The van der Waals surface area contributed by atoms with E-state index in [-0.39, 0.29) is 0 Å². The molecule has 2 aromatic rings. The second-order valence-electron chi connectivity index (χ2n) is 4.69. The maximum absolute atomic E-state index is 5.94. The van der Waals surface area contributed by atoms with Crippen molar-refractivity contribution in [1.82, 2.24) is 14.5 Å². The van der Waals surface area contributed by atoms with Gasteiger partial charge in [0.1, 0.15) is 17.8 Å². The lowest BCUT2D eigenvalue weighted by molar-refractivity contribution is 0.537. The molecule has 0 unspecified atom stereocenters. The molecule has 86 valence electrons. The van der Waals surface area contributed by atoms with Gasteiger partial charge in [0.05, 0.1) is 5.39 Å². The van der Waals surface area contributed by atoms with Gasteiger partial charge in [0.15, 0.2) is 0 Å². The molecule has 2 aromatic heterocycles. The summed E-state index contributed by atoms with van der Waals surface area (Å²) in [5.74, 6) is 1.61. The molecular formula is C12H18N4. The number of aryl methyl sites for hydroxylation is 1. The summed E-state index contributed by atoms with van der Waals surface area (Å²) in [5, 5.41) is 1.01. The third kappa shape index (κ3) is 1.54. The monoisotopic (exact) mass is 218 g/mol. The van der Waals surface area contributed by atoms with Gasteiger partial charge in [0, 0.05) is 13.2 Å². The molecule has 4 heteroatoms. The lowest BCUT2D eigenvalue weighted by Crippen LogP contribution is -2.02. The van der Waals surface area contributed by atoms with Crippen LogP contribution < -0.4 is 5.73 Å². The van der Waals surface area contributed by atoms with Crippen LogP contribution in [0.25, 0.3) is 11.0 Å². The van der Waals surface area contributed by atoms with Gasteiger partial charge in [0.2, 0.25) is 0 Å². The highest BCUT2D eigenvalue weighted by Crippen LogP contribution is 2.32. The van der Waals surface area contributed by atoms with Crippen LogP contribution in [-0.4, -0.2) is 14.5 Å².